The van der Waals surface area contributed by atoms with Crippen molar-refractivity contribution in [2.45, 2.75) is 43.9 Å². The first-order valence-corrected chi connectivity index (χ1v) is 9.76. The molecule has 1 aromatic heterocycles. The first kappa shape index (κ1) is 18.1. The number of benzene rings is 1. The zero-order valence-corrected chi connectivity index (χ0v) is 15.1. The fourth-order valence-corrected chi connectivity index (χ4v) is 5.23. The minimum Gasteiger partial charge on any atom is -0.395 e. The molecule has 0 bridgehead atoms. The standard InChI is InChI=1S/C17H23N3O4S/c1-3-19-11-13(12(2)18-19)10-15-17(22)14-6-4-5-7-16(14)25(23,24)20(15)8-9-21/h4-7,11,15,17,21-22H,3,8-10H2,1-2H3/t15-,17-/m0/s1. The summed E-state index contributed by atoms with van der Waals surface area (Å²) in [5.74, 6) is 0. The summed E-state index contributed by atoms with van der Waals surface area (Å²) in [4.78, 5) is 0.105. The van der Waals surface area contributed by atoms with Crippen LogP contribution in [0.4, 0.5) is 0 Å². The van der Waals surface area contributed by atoms with Crippen molar-refractivity contribution in [1.29, 1.82) is 0 Å². The maximum atomic E-state index is 13.0. The minimum absolute atomic E-state index is 0.0562. The molecule has 0 fully saturated rings. The van der Waals surface area contributed by atoms with Gasteiger partial charge in [0.2, 0.25) is 10.0 Å². The van der Waals surface area contributed by atoms with Gasteiger partial charge in [-0.1, -0.05) is 18.2 Å². The number of sulfonamides is 1. The van der Waals surface area contributed by atoms with Crippen LogP contribution in [0.3, 0.4) is 0 Å². The van der Waals surface area contributed by atoms with Crippen LogP contribution < -0.4 is 0 Å². The average Bonchev–Trinajstić information content (AvgIpc) is 2.96. The molecule has 0 unspecified atom stereocenters. The second-order valence-corrected chi connectivity index (χ2v) is 8.05. The molecule has 0 saturated heterocycles. The second-order valence-electron chi connectivity index (χ2n) is 6.19. The number of β-amino-alcohol motifs (C(OH)–C–C–N with tert-alkyl or cyclic N) is 1. The maximum Gasteiger partial charge on any atom is 0.243 e. The molecule has 0 amide bonds. The summed E-state index contributed by atoms with van der Waals surface area (Å²) < 4.78 is 28.9. The van der Waals surface area contributed by atoms with Gasteiger partial charge in [0.25, 0.3) is 0 Å². The van der Waals surface area contributed by atoms with E-state index >= 15 is 0 Å². The van der Waals surface area contributed by atoms with Crippen molar-refractivity contribution in [3.63, 3.8) is 0 Å². The Kier molecular flexibility index (Phi) is 4.97. The fourth-order valence-electron chi connectivity index (χ4n) is 3.37. The molecule has 1 aromatic carbocycles. The Labute approximate surface area is 147 Å². The van der Waals surface area contributed by atoms with Gasteiger partial charge in [-0.25, -0.2) is 8.42 Å². The van der Waals surface area contributed by atoms with Crippen LogP contribution in [0.5, 0.6) is 0 Å². The van der Waals surface area contributed by atoms with Crippen molar-refractivity contribution >= 4 is 10.0 Å². The number of aliphatic hydroxyl groups excluding tert-OH is 2. The Morgan fingerprint density at radius 3 is 2.64 bits per heavy atom. The van der Waals surface area contributed by atoms with Gasteiger partial charge in [0.15, 0.2) is 0 Å². The largest absolute Gasteiger partial charge is 0.395 e. The van der Waals surface area contributed by atoms with E-state index in [1.54, 1.807) is 22.9 Å². The number of nitrogens with zero attached hydrogens (tertiary/aromatic N) is 3. The van der Waals surface area contributed by atoms with Crippen molar-refractivity contribution in [3.8, 4) is 0 Å². The molecule has 1 aliphatic rings. The Balaban J connectivity index is 2.05. The van der Waals surface area contributed by atoms with Gasteiger partial charge >= 0.3 is 0 Å². The first-order valence-electron chi connectivity index (χ1n) is 8.32. The van der Waals surface area contributed by atoms with Crippen molar-refractivity contribution in [1.82, 2.24) is 14.1 Å². The number of hydrogen-bond donors (Lipinski definition) is 2. The molecule has 0 spiro atoms. The van der Waals surface area contributed by atoms with Crippen LogP contribution in [0, 0.1) is 6.92 Å². The number of hydrogen-bond acceptors (Lipinski definition) is 5. The maximum absolute atomic E-state index is 13.0. The highest BCUT2D eigenvalue weighted by atomic mass is 32.2. The van der Waals surface area contributed by atoms with Crippen molar-refractivity contribution < 1.29 is 18.6 Å². The summed E-state index contributed by atoms with van der Waals surface area (Å²) >= 11 is 0. The molecule has 136 valence electrons. The summed E-state index contributed by atoms with van der Waals surface area (Å²) in [6.45, 7) is 4.20. The van der Waals surface area contributed by atoms with Gasteiger partial charge < -0.3 is 10.2 Å². The highest BCUT2D eigenvalue weighted by Crippen LogP contribution is 2.37. The number of aliphatic hydroxyl groups is 2. The third kappa shape index (κ3) is 3.10. The zero-order valence-electron chi connectivity index (χ0n) is 14.3. The highest BCUT2D eigenvalue weighted by Gasteiger charge is 2.43. The van der Waals surface area contributed by atoms with Gasteiger partial charge in [-0.2, -0.15) is 9.40 Å². The second kappa shape index (κ2) is 6.87. The monoisotopic (exact) mass is 365 g/mol. The van der Waals surface area contributed by atoms with E-state index in [9.17, 15) is 18.6 Å². The summed E-state index contributed by atoms with van der Waals surface area (Å²) in [7, 11) is -3.77. The molecular formula is C17H23N3O4S. The van der Waals surface area contributed by atoms with Crippen LogP contribution in [-0.2, 0) is 23.0 Å². The summed E-state index contributed by atoms with van der Waals surface area (Å²) in [5.41, 5.74) is 2.11. The highest BCUT2D eigenvalue weighted by molar-refractivity contribution is 7.89. The molecule has 2 aromatic rings. The van der Waals surface area contributed by atoms with Crippen LogP contribution in [0.1, 0.15) is 29.8 Å². The van der Waals surface area contributed by atoms with E-state index in [0.717, 1.165) is 17.8 Å². The quantitative estimate of drug-likeness (QED) is 0.819. The zero-order chi connectivity index (χ0) is 18.2. The van der Waals surface area contributed by atoms with E-state index < -0.39 is 22.2 Å². The third-order valence-corrected chi connectivity index (χ3v) is 6.68. The molecule has 1 aliphatic heterocycles. The molecular weight excluding hydrogens is 342 g/mol. The van der Waals surface area contributed by atoms with E-state index in [-0.39, 0.29) is 18.0 Å². The molecule has 2 N–H and O–H groups in total. The Bertz CT molecular complexity index is 863. The molecule has 25 heavy (non-hydrogen) atoms. The van der Waals surface area contributed by atoms with E-state index in [1.807, 2.05) is 20.0 Å². The van der Waals surface area contributed by atoms with Gasteiger partial charge in [0, 0.05) is 24.8 Å². The number of aryl methyl sites for hydroxylation is 2. The van der Waals surface area contributed by atoms with Crippen LogP contribution in [-0.4, -0.2) is 51.9 Å². The van der Waals surface area contributed by atoms with Gasteiger partial charge in [0.05, 0.1) is 29.3 Å². The van der Waals surface area contributed by atoms with Crippen molar-refractivity contribution in [3.05, 3.63) is 47.3 Å². The topological polar surface area (TPSA) is 95.7 Å². The van der Waals surface area contributed by atoms with Crippen LogP contribution >= 0.6 is 0 Å². The molecule has 0 saturated carbocycles. The number of aromatic nitrogens is 2. The van der Waals surface area contributed by atoms with Gasteiger partial charge in [0.1, 0.15) is 0 Å². The van der Waals surface area contributed by atoms with E-state index in [0.29, 0.717) is 12.0 Å². The normalized spacial score (nSPS) is 22.7. The number of fused-ring (bicyclic) bond motifs is 1. The molecule has 0 radical (unpaired) electrons. The van der Waals surface area contributed by atoms with E-state index in [4.69, 9.17) is 0 Å². The van der Waals surface area contributed by atoms with Crippen LogP contribution in [0.15, 0.2) is 35.4 Å². The lowest BCUT2D eigenvalue weighted by Crippen LogP contribution is -2.50. The molecule has 2 heterocycles. The molecule has 0 aliphatic carbocycles. The Hall–Kier alpha value is -1.74. The van der Waals surface area contributed by atoms with Gasteiger partial charge in [-0.05, 0) is 31.9 Å². The third-order valence-electron chi connectivity index (χ3n) is 4.68. The van der Waals surface area contributed by atoms with Gasteiger partial charge in [-0.15, -0.1) is 0 Å². The molecule has 3 rings (SSSR count). The number of rotatable bonds is 5. The average molecular weight is 365 g/mol. The molecule has 7 nitrogen and oxygen atoms in total. The summed E-state index contributed by atoms with van der Waals surface area (Å²) in [6.07, 6.45) is 1.25. The minimum atomic E-state index is -3.77. The van der Waals surface area contributed by atoms with Crippen LogP contribution in [0.2, 0.25) is 0 Å². The van der Waals surface area contributed by atoms with Crippen molar-refractivity contribution in [2.75, 3.05) is 13.2 Å². The Morgan fingerprint density at radius 1 is 1.28 bits per heavy atom. The lowest BCUT2D eigenvalue weighted by molar-refractivity contribution is 0.0724. The van der Waals surface area contributed by atoms with E-state index in [2.05, 4.69) is 5.10 Å². The molecule has 2 atom stereocenters. The van der Waals surface area contributed by atoms with Crippen molar-refractivity contribution in [2.24, 2.45) is 0 Å². The predicted molar refractivity (Wildman–Crippen MR) is 92.5 cm³/mol. The summed E-state index contributed by atoms with van der Waals surface area (Å²) in [6, 6.07) is 5.81. The fraction of sp³-hybridized carbons (Fsp3) is 0.471. The lowest BCUT2D eigenvalue weighted by atomic mass is 9.96. The first-order chi connectivity index (χ1) is 11.9. The summed E-state index contributed by atoms with van der Waals surface area (Å²) in [5, 5.41) is 24.6. The van der Waals surface area contributed by atoms with Crippen LogP contribution in [0.25, 0.3) is 0 Å². The molecule has 8 heteroatoms. The van der Waals surface area contributed by atoms with Gasteiger partial charge in [-0.3, -0.25) is 4.68 Å². The Morgan fingerprint density at radius 2 is 2.00 bits per heavy atom. The lowest BCUT2D eigenvalue weighted by Gasteiger charge is -2.39. The van der Waals surface area contributed by atoms with E-state index in [1.165, 1.54) is 10.4 Å². The predicted octanol–water partition coefficient (Wildman–Crippen LogP) is 0.853. The smallest absolute Gasteiger partial charge is 0.243 e. The SMILES string of the molecule is CCn1cc(C[C@H]2[C@@H](O)c3ccccc3S(=O)(=O)N2CCO)c(C)n1.